The molecule has 5 rings (SSSR count). The number of aromatic nitrogens is 1. The third kappa shape index (κ3) is 5.46. The molecular weight excluding hydrogens is 667 g/mol. The van der Waals surface area contributed by atoms with Crippen LogP contribution in [0.25, 0.3) is 22.0 Å². The van der Waals surface area contributed by atoms with Crippen molar-refractivity contribution in [3.8, 4) is 11.3 Å². The first-order valence-electron chi connectivity index (χ1n) is 13.9. The van der Waals surface area contributed by atoms with Gasteiger partial charge in [0.15, 0.2) is 0 Å². The molecule has 5 aromatic rings. The van der Waals surface area contributed by atoms with Crippen LogP contribution in [0.4, 0.5) is 0 Å². The van der Waals surface area contributed by atoms with Crippen LogP contribution in [0.1, 0.15) is 59.7 Å². The van der Waals surface area contributed by atoms with E-state index in [2.05, 4.69) is 141 Å². The molecular formula is C37H40BiN. The van der Waals surface area contributed by atoms with Crippen molar-refractivity contribution in [3.05, 3.63) is 118 Å². The number of fused-ring (bicyclic) bond motifs is 1. The van der Waals surface area contributed by atoms with Crippen LogP contribution in [0.5, 0.6) is 0 Å². The van der Waals surface area contributed by atoms with Crippen molar-refractivity contribution < 1.29 is 0 Å². The van der Waals surface area contributed by atoms with Gasteiger partial charge in [-0.15, -0.1) is 0 Å². The third-order valence-electron chi connectivity index (χ3n) is 7.69. The average molecular weight is 708 g/mol. The summed E-state index contributed by atoms with van der Waals surface area (Å²) in [5.41, 5.74) is 12.1. The summed E-state index contributed by atoms with van der Waals surface area (Å²) in [6, 6.07) is 27.7. The predicted octanol–water partition coefficient (Wildman–Crippen LogP) is 7.57. The molecule has 1 nitrogen and oxygen atoms in total. The molecule has 4 aromatic carbocycles. The van der Waals surface area contributed by atoms with E-state index in [0.29, 0.717) is 0 Å². The molecule has 0 radical (unpaired) electrons. The summed E-state index contributed by atoms with van der Waals surface area (Å²) < 4.78 is 4.71. The van der Waals surface area contributed by atoms with Gasteiger partial charge in [-0.3, -0.25) is 0 Å². The Bertz CT molecular complexity index is 1600. The molecule has 1 aromatic heterocycles. The van der Waals surface area contributed by atoms with Crippen LogP contribution in [0.2, 0.25) is 0 Å². The van der Waals surface area contributed by atoms with Gasteiger partial charge >= 0.3 is 244 Å². The fourth-order valence-corrected chi connectivity index (χ4v) is 17.4. The first-order chi connectivity index (χ1) is 18.4. The standard InChI is InChI=1S/C19H18N.2C9H11.Bi/c1-19(2,3)17-13-15(18-10-6-7-11-20-18)12-14-8-4-5-9-16(14)17;2*1-7-4-8(2)6-9(3)5-7;/h4-5,7-13H,1-3H3;2*4-5H,1-3H3;. The van der Waals surface area contributed by atoms with Gasteiger partial charge in [0.05, 0.1) is 0 Å². The summed E-state index contributed by atoms with van der Waals surface area (Å²) in [4.78, 5) is 4.96. The fraction of sp³-hybridized carbons (Fsp3) is 0.270. The summed E-state index contributed by atoms with van der Waals surface area (Å²) in [6.45, 7) is 20.6. The molecule has 0 N–H and O–H groups in total. The van der Waals surface area contributed by atoms with Gasteiger partial charge < -0.3 is 0 Å². The molecule has 39 heavy (non-hydrogen) atoms. The summed E-state index contributed by atoms with van der Waals surface area (Å²) in [7, 11) is 0. The van der Waals surface area contributed by atoms with Gasteiger partial charge in [0.1, 0.15) is 0 Å². The van der Waals surface area contributed by atoms with Crippen LogP contribution in [0, 0.1) is 41.5 Å². The Kier molecular flexibility index (Phi) is 7.56. The molecule has 0 saturated heterocycles. The van der Waals surface area contributed by atoms with Gasteiger partial charge in [-0.2, -0.15) is 0 Å². The van der Waals surface area contributed by atoms with E-state index < -0.39 is 21.8 Å². The number of aryl methyl sites for hydroxylation is 6. The van der Waals surface area contributed by atoms with Gasteiger partial charge in [0, 0.05) is 0 Å². The minimum absolute atomic E-state index is 0.0425. The van der Waals surface area contributed by atoms with E-state index in [1.54, 1.807) is 6.54 Å². The van der Waals surface area contributed by atoms with E-state index in [0.717, 1.165) is 5.69 Å². The second-order valence-corrected chi connectivity index (χ2v) is 20.3. The first-order valence-corrected chi connectivity index (χ1v) is 19.1. The summed E-state index contributed by atoms with van der Waals surface area (Å²) in [5.74, 6) is 0. The fourth-order valence-electron chi connectivity index (χ4n) is 6.22. The van der Waals surface area contributed by atoms with E-state index in [9.17, 15) is 0 Å². The van der Waals surface area contributed by atoms with Gasteiger partial charge in [-0.25, -0.2) is 0 Å². The topological polar surface area (TPSA) is 12.9 Å². The Morgan fingerprint density at radius 2 is 1.15 bits per heavy atom. The first kappa shape index (κ1) is 27.7. The van der Waals surface area contributed by atoms with Gasteiger partial charge in [-0.1, -0.05) is 0 Å². The molecule has 0 aliphatic rings. The average Bonchev–Trinajstić information content (AvgIpc) is 2.85. The van der Waals surface area contributed by atoms with E-state index in [1.807, 2.05) is 0 Å². The molecule has 198 valence electrons. The number of hydrogen-bond acceptors (Lipinski definition) is 1. The van der Waals surface area contributed by atoms with Crippen LogP contribution in [-0.4, -0.2) is 26.7 Å². The maximum absolute atomic E-state index is 4.96. The Morgan fingerprint density at radius 1 is 0.615 bits per heavy atom. The quantitative estimate of drug-likeness (QED) is 0.176. The molecule has 0 atom stereocenters. The zero-order chi connectivity index (χ0) is 28.1. The molecule has 0 aliphatic carbocycles. The summed E-state index contributed by atoms with van der Waals surface area (Å²) in [6.07, 6.45) is 2.05. The number of nitrogens with zero attached hydrogens (tertiary/aromatic N) is 1. The molecule has 0 aliphatic heterocycles. The van der Waals surface area contributed by atoms with Crippen LogP contribution in [-0.2, 0) is 5.41 Å². The second kappa shape index (κ2) is 10.6. The van der Waals surface area contributed by atoms with E-state index in [1.165, 1.54) is 58.6 Å². The molecule has 0 fully saturated rings. The van der Waals surface area contributed by atoms with Crippen molar-refractivity contribution in [2.24, 2.45) is 0 Å². The number of pyridine rings is 1. The Hall–Kier alpha value is -2.83. The molecule has 0 saturated carbocycles. The van der Waals surface area contributed by atoms with Crippen molar-refractivity contribution in [2.45, 2.75) is 67.7 Å². The van der Waals surface area contributed by atoms with Crippen LogP contribution in [0.3, 0.4) is 0 Å². The van der Waals surface area contributed by atoms with Crippen molar-refractivity contribution in [1.29, 1.82) is 0 Å². The predicted molar refractivity (Wildman–Crippen MR) is 172 cm³/mol. The van der Waals surface area contributed by atoms with Crippen LogP contribution < -0.4 is 9.81 Å². The molecule has 1 heterocycles. The van der Waals surface area contributed by atoms with Crippen LogP contribution >= 0.6 is 0 Å². The monoisotopic (exact) mass is 707 g/mol. The summed E-state index contributed by atoms with van der Waals surface area (Å²) in [5, 5.41) is 2.61. The minimum atomic E-state index is -2.69. The summed E-state index contributed by atoms with van der Waals surface area (Å²) >= 11 is -2.69. The molecule has 2 heteroatoms. The molecule has 0 spiro atoms. The maximum atomic E-state index is 4.96. The van der Waals surface area contributed by atoms with Gasteiger partial charge in [-0.05, 0) is 0 Å². The van der Waals surface area contributed by atoms with Crippen molar-refractivity contribution in [3.63, 3.8) is 0 Å². The number of rotatable bonds is 4. The number of benzene rings is 4. The van der Waals surface area contributed by atoms with Crippen molar-refractivity contribution in [2.75, 3.05) is 0 Å². The zero-order valence-electron chi connectivity index (χ0n) is 24.9. The molecule has 0 amide bonds. The van der Waals surface area contributed by atoms with Crippen molar-refractivity contribution in [1.82, 2.24) is 4.98 Å². The van der Waals surface area contributed by atoms with E-state index in [-0.39, 0.29) is 5.41 Å². The third-order valence-corrected chi connectivity index (χ3v) is 19.7. The number of hydrogen-bond donors (Lipinski definition) is 0. The van der Waals surface area contributed by atoms with Gasteiger partial charge in [0.25, 0.3) is 0 Å². The van der Waals surface area contributed by atoms with Crippen LogP contribution in [0.15, 0.2) is 79.0 Å². The Morgan fingerprint density at radius 3 is 1.69 bits per heavy atom. The van der Waals surface area contributed by atoms with E-state index in [4.69, 9.17) is 4.98 Å². The molecule has 0 bridgehead atoms. The Labute approximate surface area is 243 Å². The Balaban J connectivity index is 1.77. The SMILES string of the molecule is Cc1cc(C)[c]([Bi]([c]2ccnc(-c3cc(C(C)(C)C)c4ccccc4c3)c2)[c]2c(C)cc(C)cc2C)c(C)c1. The zero-order valence-corrected chi connectivity index (χ0v) is 28.4. The normalized spacial score (nSPS) is 11.9. The second-order valence-electron chi connectivity index (χ2n) is 12.2. The van der Waals surface area contributed by atoms with Gasteiger partial charge in [0.2, 0.25) is 0 Å². The van der Waals surface area contributed by atoms with E-state index >= 15 is 0 Å². The van der Waals surface area contributed by atoms with Crippen molar-refractivity contribution >= 4 is 42.3 Å². The molecule has 0 unspecified atom stereocenters.